The summed E-state index contributed by atoms with van der Waals surface area (Å²) in [5, 5.41) is 11.6. The Hall–Kier alpha value is -3.28. The lowest BCUT2D eigenvalue weighted by Gasteiger charge is -2.38. The summed E-state index contributed by atoms with van der Waals surface area (Å²) in [6.07, 6.45) is 4.13. The SMILES string of the molecule is CCOc1ccc(C(CC)(CC)NC(=O)c2cnn3c2NC(c2ccccc2)CC3(C)C)cc1. The van der Waals surface area contributed by atoms with Crippen molar-refractivity contribution in [2.75, 3.05) is 11.9 Å². The molecule has 0 radical (unpaired) electrons. The normalized spacial score (nSPS) is 16.9. The fraction of sp³-hybridized carbons (Fsp3) is 0.429. The molecule has 180 valence electrons. The molecule has 6 heteroatoms. The molecule has 0 fully saturated rings. The molecule has 1 aliphatic rings. The maximum atomic E-state index is 13.7. The summed E-state index contributed by atoms with van der Waals surface area (Å²) in [5.74, 6) is 1.49. The number of carbonyl (C=O) groups excluding carboxylic acids is 1. The van der Waals surface area contributed by atoms with Gasteiger partial charge in [-0.25, -0.2) is 4.68 Å². The second-order valence-corrected chi connectivity index (χ2v) is 9.64. The average molecular weight is 461 g/mol. The maximum Gasteiger partial charge on any atom is 0.257 e. The molecule has 3 aromatic rings. The fourth-order valence-corrected chi connectivity index (χ4v) is 5.03. The summed E-state index contributed by atoms with van der Waals surface area (Å²) in [5.41, 5.74) is 2.16. The van der Waals surface area contributed by atoms with E-state index in [9.17, 15) is 4.79 Å². The number of ether oxygens (including phenoxy) is 1. The standard InChI is InChI=1S/C28H36N4O2/c1-6-28(7-2,21-14-16-22(17-15-21)34-8-3)31-26(33)23-19-29-32-25(23)30-24(18-27(32,4)5)20-12-10-9-11-13-20/h9-17,19,24,30H,6-8,18H2,1-5H3,(H,31,33). The van der Waals surface area contributed by atoms with E-state index in [-0.39, 0.29) is 17.5 Å². The number of hydrogen-bond donors (Lipinski definition) is 2. The lowest BCUT2D eigenvalue weighted by molar-refractivity contribution is 0.0890. The zero-order valence-corrected chi connectivity index (χ0v) is 20.9. The summed E-state index contributed by atoms with van der Waals surface area (Å²) in [6, 6.07) is 18.6. The minimum absolute atomic E-state index is 0.111. The number of hydrogen-bond acceptors (Lipinski definition) is 4. The van der Waals surface area contributed by atoms with E-state index in [1.807, 2.05) is 29.8 Å². The number of anilines is 1. The van der Waals surface area contributed by atoms with Gasteiger partial charge in [0.15, 0.2) is 0 Å². The molecule has 1 aliphatic heterocycles. The molecule has 1 unspecified atom stereocenters. The smallest absolute Gasteiger partial charge is 0.257 e. The number of nitrogens with zero attached hydrogens (tertiary/aromatic N) is 2. The molecule has 0 bridgehead atoms. The van der Waals surface area contributed by atoms with Crippen LogP contribution in [0.25, 0.3) is 0 Å². The third-order valence-corrected chi connectivity index (χ3v) is 7.08. The maximum absolute atomic E-state index is 13.7. The summed E-state index contributed by atoms with van der Waals surface area (Å²) in [4.78, 5) is 13.7. The van der Waals surface area contributed by atoms with Gasteiger partial charge in [0.05, 0.1) is 29.9 Å². The first-order valence-electron chi connectivity index (χ1n) is 12.3. The first kappa shape index (κ1) is 23.9. The van der Waals surface area contributed by atoms with Gasteiger partial charge in [0, 0.05) is 0 Å². The van der Waals surface area contributed by atoms with Gasteiger partial charge in [-0.1, -0.05) is 56.3 Å². The van der Waals surface area contributed by atoms with Crippen LogP contribution in [-0.2, 0) is 11.1 Å². The lowest BCUT2D eigenvalue weighted by atomic mass is 9.84. The molecular weight excluding hydrogens is 424 g/mol. The van der Waals surface area contributed by atoms with Crippen LogP contribution in [0.2, 0.25) is 0 Å². The van der Waals surface area contributed by atoms with Crippen molar-refractivity contribution in [2.24, 2.45) is 0 Å². The van der Waals surface area contributed by atoms with Gasteiger partial charge in [0.25, 0.3) is 5.91 Å². The predicted molar refractivity (Wildman–Crippen MR) is 136 cm³/mol. The van der Waals surface area contributed by atoms with E-state index in [4.69, 9.17) is 4.74 Å². The van der Waals surface area contributed by atoms with Gasteiger partial charge in [0.2, 0.25) is 0 Å². The molecule has 2 aromatic carbocycles. The van der Waals surface area contributed by atoms with E-state index in [2.05, 4.69) is 79.8 Å². The monoisotopic (exact) mass is 460 g/mol. The number of carbonyl (C=O) groups is 1. The van der Waals surface area contributed by atoms with E-state index in [0.29, 0.717) is 12.2 Å². The Kier molecular flexibility index (Phi) is 6.69. The highest BCUT2D eigenvalue weighted by molar-refractivity contribution is 5.99. The summed E-state index contributed by atoms with van der Waals surface area (Å²) in [6.45, 7) is 11.2. The number of amides is 1. The molecule has 0 aliphatic carbocycles. The van der Waals surface area contributed by atoms with Gasteiger partial charge in [-0.2, -0.15) is 5.10 Å². The highest BCUT2D eigenvalue weighted by Crippen LogP contribution is 2.40. The quantitative estimate of drug-likeness (QED) is 0.431. The zero-order valence-electron chi connectivity index (χ0n) is 20.9. The van der Waals surface area contributed by atoms with Crippen molar-refractivity contribution in [3.8, 4) is 5.75 Å². The Labute approximate surface area is 202 Å². The Morgan fingerprint density at radius 1 is 1.12 bits per heavy atom. The van der Waals surface area contributed by atoms with Gasteiger partial charge in [-0.15, -0.1) is 0 Å². The summed E-state index contributed by atoms with van der Waals surface area (Å²) >= 11 is 0. The Balaban J connectivity index is 1.64. The van der Waals surface area contributed by atoms with Gasteiger partial charge in [-0.05, 0) is 63.3 Å². The van der Waals surface area contributed by atoms with Crippen LogP contribution in [0.5, 0.6) is 5.75 Å². The molecule has 0 saturated heterocycles. The topological polar surface area (TPSA) is 68.2 Å². The first-order valence-corrected chi connectivity index (χ1v) is 12.3. The van der Waals surface area contributed by atoms with Crippen LogP contribution in [-0.4, -0.2) is 22.3 Å². The van der Waals surface area contributed by atoms with Crippen molar-refractivity contribution >= 4 is 11.7 Å². The van der Waals surface area contributed by atoms with Gasteiger partial charge >= 0.3 is 0 Å². The molecule has 34 heavy (non-hydrogen) atoms. The number of benzene rings is 2. The third-order valence-electron chi connectivity index (χ3n) is 7.08. The van der Waals surface area contributed by atoms with Crippen LogP contribution < -0.4 is 15.4 Å². The van der Waals surface area contributed by atoms with Gasteiger partial charge in [0.1, 0.15) is 17.1 Å². The predicted octanol–water partition coefficient (Wildman–Crippen LogP) is 6.02. The molecule has 4 rings (SSSR count). The number of aromatic nitrogens is 2. The van der Waals surface area contributed by atoms with E-state index in [1.165, 1.54) is 5.56 Å². The average Bonchev–Trinajstić information content (AvgIpc) is 3.29. The zero-order chi connectivity index (χ0) is 24.3. The highest BCUT2D eigenvalue weighted by Gasteiger charge is 2.38. The van der Waals surface area contributed by atoms with E-state index in [1.54, 1.807) is 6.20 Å². The van der Waals surface area contributed by atoms with Crippen LogP contribution >= 0.6 is 0 Å². The number of fused-ring (bicyclic) bond motifs is 1. The van der Waals surface area contributed by atoms with Crippen LogP contribution in [0.1, 0.15) is 81.4 Å². The Bertz CT molecular complexity index is 1120. The summed E-state index contributed by atoms with van der Waals surface area (Å²) in [7, 11) is 0. The minimum atomic E-state index is -0.473. The van der Waals surface area contributed by atoms with E-state index < -0.39 is 5.54 Å². The van der Waals surface area contributed by atoms with E-state index >= 15 is 0 Å². The molecule has 2 heterocycles. The van der Waals surface area contributed by atoms with Crippen molar-refractivity contribution in [1.82, 2.24) is 15.1 Å². The van der Waals surface area contributed by atoms with Crippen molar-refractivity contribution in [2.45, 2.75) is 71.0 Å². The van der Waals surface area contributed by atoms with Crippen molar-refractivity contribution < 1.29 is 9.53 Å². The van der Waals surface area contributed by atoms with Crippen LogP contribution in [0.15, 0.2) is 60.8 Å². The molecule has 1 aromatic heterocycles. The second-order valence-electron chi connectivity index (χ2n) is 9.64. The van der Waals surface area contributed by atoms with Crippen LogP contribution in [0.4, 0.5) is 5.82 Å². The molecule has 6 nitrogen and oxygen atoms in total. The van der Waals surface area contributed by atoms with Crippen LogP contribution in [0.3, 0.4) is 0 Å². The largest absolute Gasteiger partial charge is 0.494 e. The van der Waals surface area contributed by atoms with Crippen molar-refractivity contribution in [1.29, 1.82) is 0 Å². The lowest BCUT2D eigenvalue weighted by Crippen LogP contribution is -2.45. The first-order chi connectivity index (χ1) is 16.3. The van der Waals surface area contributed by atoms with E-state index in [0.717, 1.165) is 36.4 Å². The number of rotatable bonds is 8. The molecule has 0 spiro atoms. The summed E-state index contributed by atoms with van der Waals surface area (Å²) < 4.78 is 7.56. The van der Waals surface area contributed by atoms with Crippen LogP contribution in [0, 0.1) is 0 Å². The molecule has 1 atom stereocenters. The Morgan fingerprint density at radius 3 is 2.41 bits per heavy atom. The van der Waals surface area contributed by atoms with Gasteiger partial charge in [-0.3, -0.25) is 4.79 Å². The number of nitrogens with one attached hydrogen (secondary N) is 2. The molecule has 1 amide bonds. The molecule has 2 N–H and O–H groups in total. The second kappa shape index (κ2) is 9.53. The van der Waals surface area contributed by atoms with Gasteiger partial charge < -0.3 is 15.4 Å². The fourth-order valence-electron chi connectivity index (χ4n) is 5.03. The Morgan fingerprint density at radius 2 is 1.79 bits per heavy atom. The van der Waals surface area contributed by atoms with Crippen molar-refractivity contribution in [3.05, 3.63) is 77.5 Å². The molecular formula is C28H36N4O2. The molecule has 0 saturated carbocycles. The minimum Gasteiger partial charge on any atom is -0.494 e. The highest BCUT2D eigenvalue weighted by atomic mass is 16.5. The third kappa shape index (κ3) is 4.41. The van der Waals surface area contributed by atoms with Crippen molar-refractivity contribution in [3.63, 3.8) is 0 Å².